The second kappa shape index (κ2) is 6.83. The van der Waals surface area contributed by atoms with E-state index in [1.807, 2.05) is 0 Å². The minimum Gasteiger partial charge on any atom is -0.391 e. The first-order chi connectivity index (χ1) is 13.6. The van der Waals surface area contributed by atoms with Crippen molar-refractivity contribution in [2.24, 2.45) is 5.41 Å². The highest BCUT2D eigenvalue weighted by Crippen LogP contribution is 2.57. The number of pyridine rings is 1. The molecule has 0 radical (unpaired) electrons. The first kappa shape index (κ1) is 18.1. The zero-order valence-corrected chi connectivity index (χ0v) is 17.2. The van der Waals surface area contributed by atoms with Crippen LogP contribution in [0.25, 0.3) is 0 Å². The van der Waals surface area contributed by atoms with Gasteiger partial charge in [0.15, 0.2) is 5.82 Å². The van der Waals surface area contributed by atoms with E-state index in [1.165, 1.54) is 12.8 Å². The Balaban J connectivity index is 1.18. The normalized spacial score (nSPS) is 28.9. The van der Waals surface area contributed by atoms with Crippen LogP contribution in [-0.4, -0.2) is 27.8 Å². The SMILES string of the molecule is O=C(NCC12CCC(c3nc(C4CC4)no3)(CC1)CC2)Oc1cc(Br)ccn1. The summed E-state index contributed by atoms with van der Waals surface area (Å²) in [5.41, 5.74) is 0.188. The van der Waals surface area contributed by atoms with Crippen molar-refractivity contribution in [3.8, 4) is 5.88 Å². The van der Waals surface area contributed by atoms with Crippen LogP contribution in [0.3, 0.4) is 0 Å². The van der Waals surface area contributed by atoms with Gasteiger partial charge in [0, 0.05) is 34.6 Å². The van der Waals surface area contributed by atoms with Gasteiger partial charge in [-0.05, 0) is 62.8 Å². The van der Waals surface area contributed by atoms with Crippen LogP contribution in [0.2, 0.25) is 0 Å². The van der Waals surface area contributed by atoms with Crippen molar-refractivity contribution in [1.29, 1.82) is 0 Å². The summed E-state index contributed by atoms with van der Waals surface area (Å²) in [4.78, 5) is 21.0. The second-order valence-electron chi connectivity index (χ2n) is 8.57. The Morgan fingerprint density at radius 3 is 2.68 bits per heavy atom. The molecule has 4 aliphatic carbocycles. The Labute approximate surface area is 171 Å². The molecule has 0 aliphatic heterocycles. The Kier molecular flexibility index (Phi) is 4.41. The lowest BCUT2D eigenvalue weighted by Crippen LogP contribution is -2.49. The first-order valence-corrected chi connectivity index (χ1v) is 10.8. The summed E-state index contributed by atoms with van der Waals surface area (Å²) in [6.45, 7) is 0.632. The van der Waals surface area contributed by atoms with Crippen LogP contribution in [0.5, 0.6) is 5.88 Å². The summed E-state index contributed by atoms with van der Waals surface area (Å²) in [5.74, 6) is 2.56. The van der Waals surface area contributed by atoms with E-state index >= 15 is 0 Å². The lowest BCUT2D eigenvalue weighted by Gasteiger charge is -2.51. The summed E-state index contributed by atoms with van der Waals surface area (Å²) in [5, 5.41) is 7.17. The zero-order valence-electron chi connectivity index (χ0n) is 15.6. The maximum absolute atomic E-state index is 12.2. The van der Waals surface area contributed by atoms with Crippen LogP contribution < -0.4 is 10.1 Å². The van der Waals surface area contributed by atoms with Crippen molar-refractivity contribution in [1.82, 2.24) is 20.4 Å². The number of amides is 1. The number of ether oxygens (including phenoxy) is 1. The van der Waals surface area contributed by atoms with E-state index in [4.69, 9.17) is 14.2 Å². The predicted molar refractivity (Wildman–Crippen MR) is 104 cm³/mol. The standard InChI is InChI=1S/C20H23BrN4O3/c21-14-3-10-22-15(11-14)27-18(26)23-12-19-4-7-20(8-5-19,9-6-19)17-24-16(25-28-17)13-1-2-13/h3,10-11,13H,1-2,4-9,12H2,(H,23,26). The summed E-state index contributed by atoms with van der Waals surface area (Å²) in [6, 6.07) is 3.46. The summed E-state index contributed by atoms with van der Waals surface area (Å²) < 4.78 is 11.8. The van der Waals surface area contributed by atoms with Gasteiger partial charge in [-0.3, -0.25) is 0 Å². The molecule has 4 fully saturated rings. The van der Waals surface area contributed by atoms with E-state index in [9.17, 15) is 4.79 Å². The number of aromatic nitrogens is 3. The van der Waals surface area contributed by atoms with Gasteiger partial charge in [-0.2, -0.15) is 4.98 Å². The van der Waals surface area contributed by atoms with Gasteiger partial charge in [-0.1, -0.05) is 21.1 Å². The van der Waals surface area contributed by atoms with E-state index in [-0.39, 0.29) is 10.8 Å². The zero-order chi connectivity index (χ0) is 19.2. The van der Waals surface area contributed by atoms with Gasteiger partial charge in [0.05, 0.1) is 0 Å². The molecule has 4 saturated carbocycles. The average Bonchev–Trinajstić information content (AvgIpc) is 3.44. The molecule has 2 heterocycles. The second-order valence-corrected chi connectivity index (χ2v) is 9.48. The molecule has 0 spiro atoms. The highest BCUT2D eigenvalue weighted by atomic mass is 79.9. The number of nitrogens with zero attached hydrogens (tertiary/aromatic N) is 3. The van der Waals surface area contributed by atoms with E-state index < -0.39 is 6.09 Å². The molecule has 2 aromatic rings. The minimum absolute atomic E-state index is 0.0443. The van der Waals surface area contributed by atoms with Crippen LogP contribution in [0.4, 0.5) is 4.79 Å². The van der Waals surface area contributed by atoms with Crippen molar-refractivity contribution in [2.45, 2.75) is 62.7 Å². The smallest absolute Gasteiger partial charge is 0.391 e. The van der Waals surface area contributed by atoms with Crippen LogP contribution in [0.1, 0.15) is 69.0 Å². The number of rotatable bonds is 5. The van der Waals surface area contributed by atoms with Gasteiger partial charge in [-0.15, -0.1) is 0 Å². The van der Waals surface area contributed by atoms with Gasteiger partial charge in [0.1, 0.15) is 0 Å². The molecular formula is C20H23BrN4O3. The molecule has 1 N–H and O–H groups in total. The first-order valence-electron chi connectivity index (χ1n) is 9.97. The molecule has 6 rings (SSSR count). The number of hydrogen-bond acceptors (Lipinski definition) is 6. The van der Waals surface area contributed by atoms with Crippen LogP contribution >= 0.6 is 15.9 Å². The Hall–Kier alpha value is -1.96. The fraction of sp³-hybridized carbons (Fsp3) is 0.600. The summed E-state index contributed by atoms with van der Waals surface area (Å²) in [6.07, 6.45) is 9.83. The number of fused-ring (bicyclic) bond motifs is 3. The monoisotopic (exact) mass is 446 g/mol. The van der Waals surface area contributed by atoms with Gasteiger partial charge in [0.25, 0.3) is 0 Å². The quantitative estimate of drug-likeness (QED) is 0.727. The molecule has 0 atom stereocenters. The molecule has 7 nitrogen and oxygen atoms in total. The molecule has 4 aliphatic rings. The van der Waals surface area contributed by atoms with Crippen molar-refractivity contribution in [3.63, 3.8) is 0 Å². The lowest BCUT2D eigenvalue weighted by atomic mass is 9.53. The number of halogens is 1. The third kappa shape index (κ3) is 3.43. The highest BCUT2D eigenvalue weighted by Gasteiger charge is 2.52. The molecule has 2 aromatic heterocycles. The molecular weight excluding hydrogens is 424 g/mol. The van der Waals surface area contributed by atoms with E-state index in [0.717, 1.165) is 54.7 Å². The molecule has 0 saturated heterocycles. The molecule has 148 valence electrons. The van der Waals surface area contributed by atoms with Crippen LogP contribution in [0, 0.1) is 5.41 Å². The third-order valence-corrected chi connectivity index (χ3v) is 7.23. The van der Waals surface area contributed by atoms with Crippen molar-refractivity contribution >= 4 is 22.0 Å². The van der Waals surface area contributed by atoms with Crippen molar-refractivity contribution in [3.05, 3.63) is 34.5 Å². The van der Waals surface area contributed by atoms with Crippen LogP contribution in [0.15, 0.2) is 27.3 Å². The largest absolute Gasteiger partial charge is 0.413 e. The predicted octanol–water partition coefficient (Wildman–Crippen LogP) is 4.49. The summed E-state index contributed by atoms with van der Waals surface area (Å²) in [7, 11) is 0. The maximum Gasteiger partial charge on any atom is 0.413 e. The van der Waals surface area contributed by atoms with E-state index in [0.29, 0.717) is 18.3 Å². The number of nitrogens with one attached hydrogen (secondary N) is 1. The van der Waals surface area contributed by atoms with Crippen LogP contribution in [-0.2, 0) is 5.41 Å². The number of hydrogen-bond donors (Lipinski definition) is 1. The highest BCUT2D eigenvalue weighted by molar-refractivity contribution is 9.10. The Bertz CT molecular complexity index is 871. The fourth-order valence-electron chi connectivity index (χ4n) is 4.64. The van der Waals surface area contributed by atoms with Gasteiger partial charge in [0.2, 0.25) is 11.8 Å². The molecule has 1 amide bonds. The third-order valence-electron chi connectivity index (χ3n) is 6.74. The average molecular weight is 447 g/mol. The van der Waals surface area contributed by atoms with Crippen molar-refractivity contribution < 1.29 is 14.1 Å². The van der Waals surface area contributed by atoms with E-state index in [2.05, 4.69) is 31.4 Å². The van der Waals surface area contributed by atoms with E-state index in [1.54, 1.807) is 18.3 Å². The van der Waals surface area contributed by atoms with Crippen molar-refractivity contribution in [2.75, 3.05) is 6.54 Å². The molecule has 2 bridgehead atoms. The molecule has 0 aromatic carbocycles. The van der Waals surface area contributed by atoms with Gasteiger partial charge >= 0.3 is 6.09 Å². The number of carbonyl (C=O) groups excluding carboxylic acids is 1. The summed E-state index contributed by atoms with van der Waals surface area (Å²) >= 11 is 3.35. The maximum atomic E-state index is 12.2. The topological polar surface area (TPSA) is 90.1 Å². The Morgan fingerprint density at radius 1 is 1.25 bits per heavy atom. The minimum atomic E-state index is -0.451. The molecule has 28 heavy (non-hydrogen) atoms. The lowest BCUT2D eigenvalue weighted by molar-refractivity contribution is 0.0238. The van der Waals surface area contributed by atoms with Gasteiger partial charge in [-0.25, -0.2) is 9.78 Å². The molecule has 8 heteroatoms. The molecule has 0 unspecified atom stereocenters. The fourth-order valence-corrected chi connectivity index (χ4v) is 4.95. The number of carbonyl (C=O) groups is 1. The Morgan fingerprint density at radius 2 is 2.00 bits per heavy atom. The van der Waals surface area contributed by atoms with Gasteiger partial charge < -0.3 is 14.6 Å².